The van der Waals surface area contributed by atoms with Gasteiger partial charge >= 0.3 is 5.97 Å². The third-order valence-corrected chi connectivity index (χ3v) is 3.53. The van der Waals surface area contributed by atoms with E-state index in [1.807, 2.05) is 13.0 Å². The molecule has 1 aromatic heterocycles. The first-order valence-corrected chi connectivity index (χ1v) is 7.62. The van der Waals surface area contributed by atoms with E-state index in [1.165, 1.54) is 12.0 Å². The molecule has 0 spiro atoms. The van der Waals surface area contributed by atoms with E-state index in [-0.39, 0.29) is 12.5 Å². The SMILES string of the molecule is CCOc1ccccc1C(=O)N(C)Cc1cc(C(=O)OC)c(C)o1. The predicted molar refractivity (Wildman–Crippen MR) is 88.2 cm³/mol. The number of carbonyl (C=O) groups excluding carboxylic acids is 2. The molecular formula is C18H21NO5. The molecule has 1 heterocycles. The minimum absolute atomic E-state index is 0.187. The quantitative estimate of drug-likeness (QED) is 0.761. The summed E-state index contributed by atoms with van der Waals surface area (Å²) >= 11 is 0. The first-order valence-electron chi connectivity index (χ1n) is 7.62. The number of aryl methyl sites for hydroxylation is 1. The molecule has 0 saturated heterocycles. The lowest BCUT2D eigenvalue weighted by Gasteiger charge is -2.17. The maximum atomic E-state index is 12.6. The Labute approximate surface area is 141 Å². The zero-order valence-electron chi connectivity index (χ0n) is 14.3. The summed E-state index contributed by atoms with van der Waals surface area (Å²) in [4.78, 5) is 25.8. The Morgan fingerprint density at radius 1 is 1.21 bits per heavy atom. The van der Waals surface area contributed by atoms with Crippen LogP contribution in [0.2, 0.25) is 0 Å². The molecule has 2 aromatic rings. The van der Waals surface area contributed by atoms with Gasteiger partial charge in [-0.3, -0.25) is 4.79 Å². The summed E-state index contributed by atoms with van der Waals surface area (Å²) in [5, 5.41) is 0. The van der Waals surface area contributed by atoms with Crippen molar-refractivity contribution in [3.8, 4) is 5.75 Å². The number of furan rings is 1. The highest BCUT2D eigenvalue weighted by Crippen LogP contribution is 2.22. The summed E-state index contributed by atoms with van der Waals surface area (Å²) in [5.74, 6) is 0.874. The van der Waals surface area contributed by atoms with Crippen LogP contribution in [0.15, 0.2) is 34.7 Å². The van der Waals surface area contributed by atoms with Gasteiger partial charge in [-0.25, -0.2) is 4.79 Å². The molecule has 6 heteroatoms. The summed E-state index contributed by atoms with van der Waals surface area (Å²) in [7, 11) is 2.98. The fourth-order valence-electron chi connectivity index (χ4n) is 2.37. The number of rotatable bonds is 6. The average molecular weight is 331 g/mol. The Morgan fingerprint density at radius 2 is 1.92 bits per heavy atom. The van der Waals surface area contributed by atoms with Gasteiger partial charge in [-0.15, -0.1) is 0 Å². The summed E-state index contributed by atoms with van der Waals surface area (Å²) < 4.78 is 15.7. The molecule has 0 N–H and O–H groups in total. The lowest BCUT2D eigenvalue weighted by atomic mass is 10.1. The third-order valence-electron chi connectivity index (χ3n) is 3.53. The van der Waals surface area contributed by atoms with E-state index in [0.717, 1.165) is 0 Å². The molecule has 0 aliphatic rings. The zero-order valence-corrected chi connectivity index (χ0v) is 14.3. The van der Waals surface area contributed by atoms with Crippen LogP contribution in [0, 0.1) is 6.92 Å². The van der Waals surface area contributed by atoms with Crippen molar-refractivity contribution in [3.63, 3.8) is 0 Å². The Bertz CT molecular complexity index is 735. The molecule has 24 heavy (non-hydrogen) atoms. The summed E-state index contributed by atoms with van der Waals surface area (Å²) in [5.41, 5.74) is 0.849. The molecule has 128 valence electrons. The fourth-order valence-corrected chi connectivity index (χ4v) is 2.37. The van der Waals surface area contributed by atoms with Gasteiger partial charge in [0, 0.05) is 7.05 Å². The Morgan fingerprint density at radius 3 is 2.58 bits per heavy atom. The predicted octanol–water partition coefficient (Wildman–Crippen LogP) is 3.05. The maximum Gasteiger partial charge on any atom is 0.341 e. The van der Waals surface area contributed by atoms with Gasteiger partial charge in [0.25, 0.3) is 5.91 Å². The topological polar surface area (TPSA) is 69.0 Å². The standard InChI is InChI=1S/C18H21NO5/c1-5-23-16-9-7-6-8-14(16)17(20)19(3)11-13-10-15(12(2)24-13)18(21)22-4/h6-10H,5,11H2,1-4H3. The number of hydrogen-bond acceptors (Lipinski definition) is 5. The second kappa shape index (κ2) is 7.68. The second-order valence-corrected chi connectivity index (χ2v) is 5.26. The molecule has 0 aliphatic carbocycles. The Balaban J connectivity index is 2.17. The van der Waals surface area contributed by atoms with E-state index in [1.54, 1.807) is 38.2 Å². The maximum absolute atomic E-state index is 12.6. The van der Waals surface area contributed by atoms with Crippen molar-refractivity contribution in [2.24, 2.45) is 0 Å². The molecule has 0 unspecified atom stereocenters. The van der Waals surface area contributed by atoms with Crippen LogP contribution >= 0.6 is 0 Å². The van der Waals surface area contributed by atoms with E-state index in [9.17, 15) is 9.59 Å². The Hall–Kier alpha value is -2.76. The van der Waals surface area contributed by atoms with Gasteiger partial charge in [-0.1, -0.05) is 12.1 Å². The molecule has 0 fully saturated rings. The van der Waals surface area contributed by atoms with Crippen LogP contribution in [0.5, 0.6) is 5.75 Å². The van der Waals surface area contributed by atoms with Gasteiger partial charge in [0.2, 0.25) is 0 Å². The van der Waals surface area contributed by atoms with Crippen molar-refractivity contribution in [2.75, 3.05) is 20.8 Å². The molecule has 0 aliphatic heterocycles. The van der Waals surface area contributed by atoms with Crippen LogP contribution in [0.1, 0.15) is 39.2 Å². The molecule has 1 aromatic carbocycles. The molecule has 0 radical (unpaired) electrons. The second-order valence-electron chi connectivity index (χ2n) is 5.26. The number of esters is 1. The van der Waals surface area contributed by atoms with Crippen LogP contribution in [0.4, 0.5) is 0 Å². The van der Waals surface area contributed by atoms with E-state index in [2.05, 4.69) is 0 Å². The smallest absolute Gasteiger partial charge is 0.341 e. The van der Waals surface area contributed by atoms with E-state index in [4.69, 9.17) is 13.9 Å². The van der Waals surface area contributed by atoms with E-state index >= 15 is 0 Å². The van der Waals surface area contributed by atoms with Crippen LogP contribution in [0.3, 0.4) is 0 Å². The number of amides is 1. The highest BCUT2D eigenvalue weighted by Gasteiger charge is 2.20. The minimum Gasteiger partial charge on any atom is -0.493 e. The number of nitrogens with zero attached hydrogens (tertiary/aromatic N) is 1. The third kappa shape index (κ3) is 3.76. The average Bonchev–Trinajstić information content (AvgIpc) is 2.94. The molecule has 6 nitrogen and oxygen atoms in total. The lowest BCUT2D eigenvalue weighted by molar-refractivity contribution is 0.0598. The lowest BCUT2D eigenvalue weighted by Crippen LogP contribution is -2.26. The summed E-state index contributed by atoms with van der Waals surface area (Å²) in [6.45, 7) is 4.26. The van der Waals surface area contributed by atoms with E-state index in [0.29, 0.717) is 35.0 Å². The van der Waals surface area contributed by atoms with Crippen LogP contribution in [-0.4, -0.2) is 37.5 Å². The molecule has 0 saturated carbocycles. The van der Waals surface area contributed by atoms with Gasteiger partial charge in [0.15, 0.2) is 0 Å². The van der Waals surface area contributed by atoms with Gasteiger partial charge in [-0.2, -0.15) is 0 Å². The van der Waals surface area contributed by atoms with Crippen molar-refractivity contribution in [1.82, 2.24) is 4.90 Å². The molecule has 2 rings (SSSR count). The zero-order chi connectivity index (χ0) is 17.7. The number of ether oxygens (including phenoxy) is 2. The molecule has 0 atom stereocenters. The first-order chi connectivity index (χ1) is 11.5. The molecular weight excluding hydrogens is 310 g/mol. The molecule has 0 bridgehead atoms. The van der Waals surface area contributed by atoms with Crippen LogP contribution < -0.4 is 4.74 Å². The monoisotopic (exact) mass is 331 g/mol. The van der Waals surface area contributed by atoms with Gasteiger partial charge < -0.3 is 18.8 Å². The number of carbonyl (C=O) groups is 2. The summed E-state index contributed by atoms with van der Waals surface area (Å²) in [6.07, 6.45) is 0. The van der Waals surface area contributed by atoms with Gasteiger partial charge in [0.05, 0.1) is 25.8 Å². The van der Waals surface area contributed by atoms with Crippen LogP contribution in [0.25, 0.3) is 0 Å². The number of para-hydroxylation sites is 1. The number of methoxy groups -OCH3 is 1. The minimum atomic E-state index is -0.460. The highest BCUT2D eigenvalue weighted by atomic mass is 16.5. The van der Waals surface area contributed by atoms with Crippen molar-refractivity contribution >= 4 is 11.9 Å². The van der Waals surface area contributed by atoms with Crippen molar-refractivity contribution in [3.05, 3.63) is 53.0 Å². The fraction of sp³-hybridized carbons (Fsp3) is 0.333. The van der Waals surface area contributed by atoms with Crippen molar-refractivity contribution in [1.29, 1.82) is 0 Å². The Kier molecular flexibility index (Phi) is 5.63. The summed E-state index contributed by atoms with van der Waals surface area (Å²) in [6, 6.07) is 8.68. The van der Waals surface area contributed by atoms with Gasteiger partial charge in [0.1, 0.15) is 22.8 Å². The number of benzene rings is 1. The molecule has 1 amide bonds. The van der Waals surface area contributed by atoms with Crippen molar-refractivity contribution in [2.45, 2.75) is 20.4 Å². The highest BCUT2D eigenvalue weighted by molar-refractivity contribution is 5.96. The van der Waals surface area contributed by atoms with Gasteiger partial charge in [-0.05, 0) is 32.0 Å². The van der Waals surface area contributed by atoms with Crippen molar-refractivity contribution < 1.29 is 23.5 Å². The van der Waals surface area contributed by atoms with Crippen LogP contribution in [-0.2, 0) is 11.3 Å². The first kappa shape index (κ1) is 17.6. The number of hydrogen-bond donors (Lipinski definition) is 0. The normalized spacial score (nSPS) is 10.3. The largest absolute Gasteiger partial charge is 0.493 e. The van der Waals surface area contributed by atoms with E-state index < -0.39 is 5.97 Å².